The zero-order valence-electron chi connectivity index (χ0n) is 12.6. The van der Waals surface area contributed by atoms with Gasteiger partial charge in [0.15, 0.2) is 0 Å². The predicted octanol–water partition coefficient (Wildman–Crippen LogP) is 1.94. The smallest absolute Gasteiger partial charge is 0.253 e. The molecule has 1 heterocycles. The van der Waals surface area contributed by atoms with Crippen LogP contribution in [0.1, 0.15) is 29.4 Å². The Morgan fingerprint density at radius 2 is 2.00 bits per heavy atom. The van der Waals surface area contributed by atoms with Crippen molar-refractivity contribution < 1.29 is 14.0 Å². The van der Waals surface area contributed by atoms with Crippen LogP contribution >= 0.6 is 0 Å². The lowest BCUT2D eigenvalue weighted by Crippen LogP contribution is -2.37. The van der Waals surface area contributed by atoms with Gasteiger partial charge in [-0.1, -0.05) is 6.92 Å². The Hall–Kier alpha value is -2.50. The molecule has 2 aromatic rings. The first-order chi connectivity index (χ1) is 10.5. The molecule has 2 rings (SSSR count). The minimum atomic E-state index is -0.372. The van der Waals surface area contributed by atoms with Gasteiger partial charge in [0, 0.05) is 18.0 Å². The molecule has 0 aliphatic rings. The molecular weight excluding hydrogens is 285 g/mol. The van der Waals surface area contributed by atoms with Gasteiger partial charge in [0.1, 0.15) is 5.82 Å². The Balaban J connectivity index is 2.12. The number of benzene rings is 1. The topological polar surface area (TPSA) is 71.1 Å². The summed E-state index contributed by atoms with van der Waals surface area (Å²) in [5, 5.41) is 5.91. The summed E-state index contributed by atoms with van der Waals surface area (Å²) in [6.45, 7) is 4.12. The van der Waals surface area contributed by atoms with Crippen molar-refractivity contribution in [3.05, 3.63) is 41.3 Å². The van der Waals surface area contributed by atoms with Crippen LogP contribution in [0.2, 0.25) is 0 Å². The number of nitrogens with zero attached hydrogens (tertiary/aromatic N) is 1. The van der Waals surface area contributed by atoms with Gasteiger partial charge in [0.25, 0.3) is 5.91 Å². The van der Waals surface area contributed by atoms with Gasteiger partial charge in [0.05, 0.1) is 23.3 Å². The van der Waals surface area contributed by atoms with Crippen LogP contribution in [0.3, 0.4) is 0 Å². The first-order valence-electron chi connectivity index (χ1n) is 7.13. The third kappa shape index (κ3) is 3.78. The predicted molar refractivity (Wildman–Crippen MR) is 82.1 cm³/mol. The lowest BCUT2D eigenvalue weighted by atomic mass is 10.1. The van der Waals surface area contributed by atoms with Gasteiger partial charge >= 0.3 is 0 Å². The maximum Gasteiger partial charge on any atom is 0.253 e. The second kappa shape index (κ2) is 6.98. The number of halogens is 1. The van der Waals surface area contributed by atoms with Crippen molar-refractivity contribution in [1.82, 2.24) is 15.6 Å². The molecule has 0 saturated heterocycles. The average molecular weight is 303 g/mol. The number of hydrogen-bond acceptors (Lipinski definition) is 3. The third-order valence-corrected chi connectivity index (χ3v) is 3.20. The Bertz CT molecular complexity index is 716. The number of fused-ring (bicyclic) bond motifs is 1. The zero-order chi connectivity index (χ0) is 16.1. The molecule has 116 valence electrons. The summed E-state index contributed by atoms with van der Waals surface area (Å²) in [6.07, 6.45) is 0.837. The van der Waals surface area contributed by atoms with Crippen molar-refractivity contribution in [3.63, 3.8) is 0 Å². The van der Waals surface area contributed by atoms with E-state index >= 15 is 0 Å². The van der Waals surface area contributed by atoms with Gasteiger partial charge in [-0.15, -0.1) is 0 Å². The Labute approximate surface area is 127 Å². The number of aromatic nitrogens is 1. The molecule has 5 nitrogen and oxygen atoms in total. The number of carbonyl (C=O) groups is 2. The van der Waals surface area contributed by atoms with E-state index in [2.05, 4.69) is 15.6 Å². The minimum absolute atomic E-state index is 0.0836. The number of rotatable bonds is 5. The van der Waals surface area contributed by atoms with E-state index < -0.39 is 0 Å². The molecule has 0 aliphatic heterocycles. The van der Waals surface area contributed by atoms with Crippen LogP contribution in [0.15, 0.2) is 24.3 Å². The third-order valence-electron chi connectivity index (χ3n) is 3.20. The van der Waals surface area contributed by atoms with E-state index in [4.69, 9.17) is 0 Å². The molecule has 0 atom stereocenters. The summed E-state index contributed by atoms with van der Waals surface area (Å²) in [7, 11) is 0. The fourth-order valence-corrected chi connectivity index (χ4v) is 2.05. The van der Waals surface area contributed by atoms with Crippen molar-refractivity contribution in [2.24, 2.45) is 0 Å². The SMILES string of the molecule is CCCNC(=O)CNC(=O)c1cc2ccc(F)cc2nc1C. The Kier molecular flexibility index (Phi) is 5.04. The summed E-state index contributed by atoms with van der Waals surface area (Å²) in [4.78, 5) is 27.9. The molecule has 2 N–H and O–H groups in total. The molecule has 0 fully saturated rings. The molecule has 0 radical (unpaired) electrons. The number of amides is 2. The molecule has 0 saturated carbocycles. The van der Waals surface area contributed by atoms with Crippen LogP contribution in [0.4, 0.5) is 4.39 Å². The highest BCUT2D eigenvalue weighted by molar-refractivity contribution is 6.00. The van der Waals surface area contributed by atoms with E-state index in [1.807, 2.05) is 6.92 Å². The molecule has 22 heavy (non-hydrogen) atoms. The Morgan fingerprint density at radius 1 is 1.23 bits per heavy atom. The van der Waals surface area contributed by atoms with E-state index in [0.717, 1.165) is 6.42 Å². The highest BCUT2D eigenvalue weighted by Gasteiger charge is 2.13. The highest BCUT2D eigenvalue weighted by atomic mass is 19.1. The lowest BCUT2D eigenvalue weighted by molar-refractivity contribution is -0.120. The largest absolute Gasteiger partial charge is 0.355 e. The number of carbonyl (C=O) groups excluding carboxylic acids is 2. The highest BCUT2D eigenvalue weighted by Crippen LogP contribution is 2.17. The molecular formula is C16H18FN3O2. The molecule has 1 aromatic carbocycles. The van der Waals surface area contributed by atoms with E-state index in [1.54, 1.807) is 19.1 Å². The molecule has 0 bridgehead atoms. The van der Waals surface area contributed by atoms with Crippen molar-refractivity contribution in [2.75, 3.05) is 13.1 Å². The van der Waals surface area contributed by atoms with Gasteiger partial charge in [0.2, 0.25) is 5.91 Å². The quantitative estimate of drug-likeness (QED) is 0.886. The zero-order valence-corrected chi connectivity index (χ0v) is 12.6. The number of hydrogen-bond donors (Lipinski definition) is 2. The molecule has 2 amide bonds. The summed E-state index contributed by atoms with van der Waals surface area (Å²) in [5.74, 6) is -0.976. The van der Waals surface area contributed by atoms with Gasteiger partial charge in [-0.05, 0) is 31.5 Å². The fourth-order valence-electron chi connectivity index (χ4n) is 2.05. The fraction of sp³-hybridized carbons (Fsp3) is 0.312. The summed E-state index contributed by atoms with van der Waals surface area (Å²) in [5.41, 5.74) is 1.36. The van der Waals surface area contributed by atoms with Crippen molar-refractivity contribution in [3.8, 4) is 0 Å². The summed E-state index contributed by atoms with van der Waals surface area (Å²) in [6, 6.07) is 5.86. The normalized spacial score (nSPS) is 10.5. The van der Waals surface area contributed by atoms with Gasteiger partial charge < -0.3 is 10.6 Å². The first-order valence-corrected chi connectivity index (χ1v) is 7.13. The van der Waals surface area contributed by atoms with E-state index in [9.17, 15) is 14.0 Å². The molecule has 0 spiro atoms. The van der Waals surface area contributed by atoms with E-state index in [-0.39, 0.29) is 24.2 Å². The summed E-state index contributed by atoms with van der Waals surface area (Å²) < 4.78 is 13.2. The maximum atomic E-state index is 13.2. The Morgan fingerprint density at radius 3 is 2.73 bits per heavy atom. The standard InChI is InChI=1S/C16H18FN3O2/c1-3-6-18-15(21)9-19-16(22)13-7-11-4-5-12(17)8-14(11)20-10(13)2/h4-5,7-8H,3,6,9H2,1-2H3,(H,18,21)(H,19,22). The molecule has 1 aromatic heterocycles. The van der Waals surface area contributed by atoms with Crippen molar-refractivity contribution in [1.29, 1.82) is 0 Å². The number of aryl methyl sites for hydroxylation is 1. The van der Waals surface area contributed by atoms with Crippen molar-refractivity contribution >= 4 is 22.7 Å². The number of pyridine rings is 1. The van der Waals surface area contributed by atoms with Crippen LogP contribution in [-0.2, 0) is 4.79 Å². The minimum Gasteiger partial charge on any atom is -0.355 e. The van der Waals surface area contributed by atoms with E-state index in [0.29, 0.717) is 28.7 Å². The maximum absolute atomic E-state index is 13.2. The van der Waals surface area contributed by atoms with Gasteiger partial charge in [-0.25, -0.2) is 4.39 Å². The van der Waals surface area contributed by atoms with Crippen LogP contribution in [-0.4, -0.2) is 29.9 Å². The van der Waals surface area contributed by atoms with Gasteiger partial charge in [-0.3, -0.25) is 14.6 Å². The first kappa shape index (κ1) is 15.9. The van der Waals surface area contributed by atoms with Crippen LogP contribution in [0, 0.1) is 12.7 Å². The monoisotopic (exact) mass is 303 g/mol. The van der Waals surface area contributed by atoms with E-state index in [1.165, 1.54) is 12.1 Å². The van der Waals surface area contributed by atoms with Crippen molar-refractivity contribution in [2.45, 2.75) is 20.3 Å². The van der Waals surface area contributed by atoms with Crippen LogP contribution in [0.25, 0.3) is 10.9 Å². The van der Waals surface area contributed by atoms with Crippen LogP contribution < -0.4 is 10.6 Å². The molecule has 0 aliphatic carbocycles. The second-order valence-electron chi connectivity index (χ2n) is 4.99. The lowest BCUT2D eigenvalue weighted by Gasteiger charge is -2.09. The number of nitrogens with one attached hydrogen (secondary N) is 2. The summed E-state index contributed by atoms with van der Waals surface area (Å²) >= 11 is 0. The average Bonchev–Trinajstić information content (AvgIpc) is 2.49. The second-order valence-corrected chi connectivity index (χ2v) is 4.99. The molecule has 6 heteroatoms. The van der Waals surface area contributed by atoms with Crippen LogP contribution in [0.5, 0.6) is 0 Å². The molecule has 0 unspecified atom stereocenters. The van der Waals surface area contributed by atoms with Gasteiger partial charge in [-0.2, -0.15) is 0 Å².